The summed E-state index contributed by atoms with van der Waals surface area (Å²) in [6.07, 6.45) is 9.53. The van der Waals surface area contributed by atoms with Crippen LogP contribution in [0.25, 0.3) is 0 Å². The Kier molecular flexibility index (Phi) is 3.93. The summed E-state index contributed by atoms with van der Waals surface area (Å²) in [5.41, 5.74) is 9.18. The van der Waals surface area contributed by atoms with Gasteiger partial charge in [-0.05, 0) is 68.8 Å². The van der Waals surface area contributed by atoms with E-state index in [1.807, 2.05) is 0 Å². The van der Waals surface area contributed by atoms with Crippen LogP contribution in [0.5, 0.6) is 0 Å². The predicted molar refractivity (Wildman–Crippen MR) is 81.0 cm³/mol. The van der Waals surface area contributed by atoms with Gasteiger partial charge >= 0.3 is 0 Å². The van der Waals surface area contributed by atoms with Crippen molar-refractivity contribution in [2.75, 3.05) is 0 Å². The number of fused-ring (bicyclic) bond motifs is 2. The van der Waals surface area contributed by atoms with E-state index in [-0.39, 0.29) is 0 Å². The van der Waals surface area contributed by atoms with E-state index in [1.165, 1.54) is 43.2 Å². The van der Waals surface area contributed by atoms with Crippen LogP contribution in [-0.2, 0) is 6.42 Å². The van der Waals surface area contributed by atoms with Crippen LogP contribution in [0.4, 0.5) is 0 Å². The summed E-state index contributed by atoms with van der Waals surface area (Å²) in [7, 11) is 0. The summed E-state index contributed by atoms with van der Waals surface area (Å²) >= 11 is 0. The van der Waals surface area contributed by atoms with Crippen molar-refractivity contribution in [1.82, 2.24) is 0 Å². The van der Waals surface area contributed by atoms with Crippen molar-refractivity contribution in [1.29, 1.82) is 0 Å². The van der Waals surface area contributed by atoms with Crippen LogP contribution in [0, 0.1) is 24.7 Å². The van der Waals surface area contributed by atoms with Crippen molar-refractivity contribution < 1.29 is 0 Å². The second-order valence-electron chi connectivity index (χ2n) is 6.96. The molecule has 0 saturated heterocycles. The molecule has 2 aliphatic rings. The van der Waals surface area contributed by atoms with Gasteiger partial charge in [0.15, 0.2) is 0 Å². The first-order chi connectivity index (χ1) is 9.20. The maximum absolute atomic E-state index is 6.37. The molecule has 0 amide bonds. The van der Waals surface area contributed by atoms with Gasteiger partial charge in [0.05, 0.1) is 0 Å². The lowest BCUT2D eigenvalue weighted by molar-refractivity contribution is 0.290. The van der Waals surface area contributed by atoms with Crippen LogP contribution in [0.1, 0.15) is 49.7 Å². The van der Waals surface area contributed by atoms with E-state index in [2.05, 4.69) is 31.2 Å². The third kappa shape index (κ3) is 3.20. The molecule has 0 aromatic heterocycles. The minimum absolute atomic E-state index is 0.407. The van der Waals surface area contributed by atoms with E-state index in [9.17, 15) is 0 Å². The quantitative estimate of drug-likeness (QED) is 0.845. The second kappa shape index (κ2) is 5.66. The van der Waals surface area contributed by atoms with Crippen molar-refractivity contribution in [2.45, 2.75) is 57.9 Å². The minimum atomic E-state index is 0.407. The third-order valence-electron chi connectivity index (χ3n) is 5.38. The Labute approximate surface area is 117 Å². The fraction of sp³-hybridized carbons (Fsp3) is 0.667. The number of aryl methyl sites for hydroxylation is 2. The van der Waals surface area contributed by atoms with Crippen molar-refractivity contribution in [3.63, 3.8) is 0 Å². The minimum Gasteiger partial charge on any atom is -0.328 e. The molecular formula is C18H27N. The number of benzene rings is 1. The molecule has 4 unspecified atom stereocenters. The van der Waals surface area contributed by atoms with Gasteiger partial charge in [-0.15, -0.1) is 0 Å². The fourth-order valence-electron chi connectivity index (χ4n) is 4.39. The highest BCUT2D eigenvalue weighted by Gasteiger charge is 2.39. The summed E-state index contributed by atoms with van der Waals surface area (Å²) < 4.78 is 0. The van der Waals surface area contributed by atoms with Crippen LogP contribution in [-0.4, -0.2) is 6.04 Å². The van der Waals surface area contributed by atoms with E-state index in [4.69, 9.17) is 5.73 Å². The largest absolute Gasteiger partial charge is 0.328 e. The summed E-state index contributed by atoms with van der Waals surface area (Å²) in [5, 5.41) is 0. The van der Waals surface area contributed by atoms with Crippen molar-refractivity contribution in [3.8, 4) is 0 Å². The van der Waals surface area contributed by atoms with Crippen molar-refractivity contribution in [2.24, 2.45) is 23.5 Å². The van der Waals surface area contributed by atoms with E-state index in [0.717, 1.165) is 30.6 Å². The number of hydrogen-bond acceptors (Lipinski definition) is 1. The highest BCUT2D eigenvalue weighted by Crippen LogP contribution is 2.49. The van der Waals surface area contributed by atoms with Crippen LogP contribution >= 0.6 is 0 Å². The van der Waals surface area contributed by atoms with Crippen LogP contribution in [0.2, 0.25) is 0 Å². The maximum Gasteiger partial charge on any atom is 0.00447 e. The Balaban J connectivity index is 1.45. The Morgan fingerprint density at radius 1 is 1.26 bits per heavy atom. The average molecular weight is 257 g/mol. The first kappa shape index (κ1) is 13.2. The molecule has 0 radical (unpaired) electrons. The highest BCUT2D eigenvalue weighted by molar-refractivity contribution is 5.22. The zero-order valence-corrected chi connectivity index (χ0v) is 12.1. The molecule has 2 saturated carbocycles. The maximum atomic E-state index is 6.37. The van der Waals surface area contributed by atoms with Crippen LogP contribution in [0.3, 0.4) is 0 Å². The molecule has 0 spiro atoms. The molecule has 3 rings (SSSR count). The normalized spacial score (nSPS) is 30.7. The van der Waals surface area contributed by atoms with E-state index in [0.29, 0.717) is 6.04 Å². The van der Waals surface area contributed by atoms with Gasteiger partial charge in [0.1, 0.15) is 0 Å². The smallest absolute Gasteiger partial charge is 0.00447 e. The number of hydrogen-bond donors (Lipinski definition) is 1. The number of rotatable bonds is 5. The topological polar surface area (TPSA) is 26.0 Å². The molecule has 2 bridgehead atoms. The molecule has 19 heavy (non-hydrogen) atoms. The molecule has 2 aliphatic carbocycles. The molecule has 1 aromatic carbocycles. The molecular weight excluding hydrogens is 230 g/mol. The van der Waals surface area contributed by atoms with Gasteiger partial charge < -0.3 is 5.73 Å². The number of nitrogens with two attached hydrogens (primary N) is 1. The SMILES string of the molecule is Cc1cccc(CCC(N)CC2CC3CCC2C3)c1. The summed E-state index contributed by atoms with van der Waals surface area (Å²) in [6.45, 7) is 2.17. The van der Waals surface area contributed by atoms with Crippen molar-refractivity contribution >= 4 is 0 Å². The molecule has 0 heterocycles. The lowest BCUT2D eigenvalue weighted by Gasteiger charge is -2.24. The molecule has 0 aliphatic heterocycles. The van der Waals surface area contributed by atoms with Crippen LogP contribution < -0.4 is 5.73 Å². The zero-order chi connectivity index (χ0) is 13.2. The van der Waals surface area contributed by atoms with Gasteiger partial charge in [0.25, 0.3) is 0 Å². The molecule has 4 atom stereocenters. The summed E-state index contributed by atoms with van der Waals surface area (Å²) in [4.78, 5) is 0. The zero-order valence-electron chi connectivity index (χ0n) is 12.1. The summed E-state index contributed by atoms with van der Waals surface area (Å²) in [6, 6.07) is 9.26. The summed E-state index contributed by atoms with van der Waals surface area (Å²) in [5.74, 6) is 3.03. The van der Waals surface area contributed by atoms with E-state index in [1.54, 1.807) is 0 Å². The first-order valence-electron chi connectivity index (χ1n) is 8.02. The molecule has 2 fully saturated rings. The van der Waals surface area contributed by atoms with Gasteiger partial charge in [-0.3, -0.25) is 0 Å². The first-order valence-corrected chi connectivity index (χ1v) is 8.02. The Hall–Kier alpha value is -0.820. The average Bonchev–Trinajstić information content (AvgIpc) is 2.99. The van der Waals surface area contributed by atoms with Gasteiger partial charge in [0.2, 0.25) is 0 Å². The van der Waals surface area contributed by atoms with Gasteiger partial charge in [0, 0.05) is 6.04 Å². The van der Waals surface area contributed by atoms with Gasteiger partial charge in [-0.1, -0.05) is 36.2 Å². The lowest BCUT2D eigenvalue weighted by Crippen LogP contribution is -2.26. The van der Waals surface area contributed by atoms with E-state index >= 15 is 0 Å². The molecule has 2 N–H and O–H groups in total. The molecule has 104 valence electrons. The Bertz CT molecular complexity index is 425. The lowest BCUT2D eigenvalue weighted by atomic mass is 9.83. The fourth-order valence-corrected chi connectivity index (χ4v) is 4.39. The Morgan fingerprint density at radius 3 is 2.84 bits per heavy atom. The highest BCUT2D eigenvalue weighted by atomic mass is 14.6. The monoisotopic (exact) mass is 257 g/mol. The Morgan fingerprint density at radius 2 is 2.16 bits per heavy atom. The van der Waals surface area contributed by atoms with Gasteiger partial charge in [-0.25, -0.2) is 0 Å². The van der Waals surface area contributed by atoms with Gasteiger partial charge in [-0.2, -0.15) is 0 Å². The molecule has 1 heteroatoms. The van der Waals surface area contributed by atoms with Crippen molar-refractivity contribution in [3.05, 3.63) is 35.4 Å². The molecule has 1 nitrogen and oxygen atoms in total. The van der Waals surface area contributed by atoms with Crippen LogP contribution in [0.15, 0.2) is 24.3 Å². The second-order valence-corrected chi connectivity index (χ2v) is 6.96. The van der Waals surface area contributed by atoms with E-state index < -0.39 is 0 Å². The predicted octanol–water partition coefficient (Wildman–Crippen LogP) is 4.08. The molecule has 1 aromatic rings. The third-order valence-corrected chi connectivity index (χ3v) is 5.38. The standard InChI is InChI=1S/C18H27N/c1-13-3-2-4-14(9-13)6-8-18(19)12-17-11-15-5-7-16(17)10-15/h2-4,9,15-18H,5-8,10-12,19H2,1H3.